The van der Waals surface area contributed by atoms with Gasteiger partial charge in [-0.2, -0.15) is 0 Å². The van der Waals surface area contributed by atoms with Gasteiger partial charge < -0.3 is 10.1 Å². The fourth-order valence-electron chi connectivity index (χ4n) is 1.77. The summed E-state index contributed by atoms with van der Waals surface area (Å²) in [6.07, 6.45) is 3.34. The average Bonchev–Trinajstić information content (AvgIpc) is 3.20. The van der Waals surface area contributed by atoms with E-state index in [9.17, 15) is 4.79 Å². The van der Waals surface area contributed by atoms with Crippen molar-refractivity contribution in [3.8, 4) is 5.75 Å². The molecule has 1 fully saturated rings. The molecule has 1 aromatic carbocycles. The highest BCUT2D eigenvalue weighted by Gasteiger charge is 2.23. The number of rotatable bonds is 6. The van der Waals surface area contributed by atoms with Crippen LogP contribution in [0.1, 0.15) is 44.6 Å². The van der Waals surface area contributed by atoms with Gasteiger partial charge in [0.05, 0.1) is 0 Å². The summed E-state index contributed by atoms with van der Waals surface area (Å²) in [4.78, 5) is 11.5. The molecule has 18 heavy (non-hydrogen) atoms. The Bertz CT molecular complexity index is 395. The minimum absolute atomic E-state index is 0.0245. The van der Waals surface area contributed by atoms with E-state index in [1.54, 1.807) is 0 Å². The first-order valence-electron chi connectivity index (χ1n) is 6.71. The van der Waals surface area contributed by atoms with Gasteiger partial charge in [-0.25, -0.2) is 0 Å². The standard InChI is InChI=1S/C15H21NO2/c1-3-11(2)12-4-8-14(9-5-12)18-10-15(17)16-13-6-7-13/h4-5,8-9,11,13H,3,6-7,10H2,1-2H3,(H,16,17). The number of nitrogens with one attached hydrogen (secondary N) is 1. The number of hydrogen-bond donors (Lipinski definition) is 1. The van der Waals surface area contributed by atoms with Crippen molar-refractivity contribution in [1.29, 1.82) is 0 Å². The van der Waals surface area contributed by atoms with Crippen molar-refractivity contribution in [2.45, 2.75) is 45.1 Å². The minimum Gasteiger partial charge on any atom is -0.484 e. The Kier molecular flexibility index (Phi) is 4.24. The summed E-state index contributed by atoms with van der Waals surface area (Å²) in [5.74, 6) is 1.30. The molecule has 0 spiro atoms. The zero-order valence-electron chi connectivity index (χ0n) is 11.1. The molecule has 0 aliphatic heterocycles. The Morgan fingerprint density at radius 3 is 2.61 bits per heavy atom. The van der Waals surface area contributed by atoms with Crippen LogP contribution < -0.4 is 10.1 Å². The Balaban J connectivity index is 1.80. The molecule has 1 amide bonds. The van der Waals surface area contributed by atoms with Crippen molar-refractivity contribution in [2.75, 3.05) is 6.61 Å². The third-order valence-electron chi connectivity index (χ3n) is 3.37. The molecule has 1 aliphatic carbocycles. The van der Waals surface area contributed by atoms with Gasteiger partial charge in [0.1, 0.15) is 5.75 Å². The highest BCUT2D eigenvalue weighted by Crippen LogP contribution is 2.21. The second kappa shape index (κ2) is 5.89. The minimum atomic E-state index is -0.0245. The molecule has 1 saturated carbocycles. The van der Waals surface area contributed by atoms with E-state index in [0.29, 0.717) is 12.0 Å². The van der Waals surface area contributed by atoms with Gasteiger partial charge in [0.25, 0.3) is 5.91 Å². The molecular weight excluding hydrogens is 226 g/mol. The van der Waals surface area contributed by atoms with E-state index in [0.717, 1.165) is 25.0 Å². The van der Waals surface area contributed by atoms with Gasteiger partial charge in [-0.15, -0.1) is 0 Å². The largest absolute Gasteiger partial charge is 0.484 e. The van der Waals surface area contributed by atoms with Crippen LogP contribution in [0, 0.1) is 0 Å². The van der Waals surface area contributed by atoms with E-state index in [2.05, 4.69) is 31.3 Å². The predicted octanol–water partition coefficient (Wildman–Crippen LogP) is 2.86. The molecule has 1 aromatic rings. The van der Waals surface area contributed by atoms with E-state index < -0.39 is 0 Å². The van der Waals surface area contributed by atoms with E-state index in [-0.39, 0.29) is 12.5 Å². The Morgan fingerprint density at radius 2 is 2.06 bits per heavy atom. The van der Waals surface area contributed by atoms with Gasteiger partial charge in [-0.05, 0) is 42.9 Å². The van der Waals surface area contributed by atoms with E-state index >= 15 is 0 Å². The fourth-order valence-corrected chi connectivity index (χ4v) is 1.77. The first kappa shape index (κ1) is 12.9. The zero-order valence-corrected chi connectivity index (χ0v) is 11.1. The molecular formula is C15H21NO2. The molecule has 0 heterocycles. The van der Waals surface area contributed by atoms with Gasteiger partial charge in [-0.3, -0.25) is 4.79 Å². The Labute approximate surface area is 109 Å². The number of carbonyl (C=O) groups excluding carboxylic acids is 1. The lowest BCUT2D eigenvalue weighted by Crippen LogP contribution is -2.30. The topological polar surface area (TPSA) is 38.3 Å². The normalized spacial score (nSPS) is 16.1. The van der Waals surface area contributed by atoms with Crippen molar-refractivity contribution in [1.82, 2.24) is 5.32 Å². The molecule has 3 nitrogen and oxygen atoms in total. The van der Waals surface area contributed by atoms with Crippen molar-refractivity contribution < 1.29 is 9.53 Å². The molecule has 1 unspecified atom stereocenters. The van der Waals surface area contributed by atoms with Gasteiger partial charge >= 0.3 is 0 Å². The molecule has 0 bridgehead atoms. The van der Waals surface area contributed by atoms with Crippen LogP contribution in [-0.2, 0) is 4.79 Å². The maximum atomic E-state index is 11.5. The summed E-state index contributed by atoms with van der Waals surface area (Å²) >= 11 is 0. The van der Waals surface area contributed by atoms with Gasteiger partial charge in [0, 0.05) is 6.04 Å². The number of carbonyl (C=O) groups is 1. The summed E-state index contributed by atoms with van der Waals surface area (Å²) in [7, 11) is 0. The summed E-state index contributed by atoms with van der Waals surface area (Å²) in [6.45, 7) is 4.50. The molecule has 1 aliphatic rings. The third-order valence-corrected chi connectivity index (χ3v) is 3.37. The van der Waals surface area contributed by atoms with Crippen molar-refractivity contribution in [2.24, 2.45) is 0 Å². The average molecular weight is 247 g/mol. The summed E-state index contributed by atoms with van der Waals surface area (Å²) in [5, 5.41) is 2.90. The molecule has 0 radical (unpaired) electrons. The first-order chi connectivity index (χ1) is 8.69. The molecule has 2 rings (SSSR count). The number of benzene rings is 1. The van der Waals surface area contributed by atoms with Crippen LogP contribution in [0.3, 0.4) is 0 Å². The second-order valence-electron chi connectivity index (χ2n) is 5.01. The van der Waals surface area contributed by atoms with E-state index in [4.69, 9.17) is 4.74 Å². The van der Waals surface area contributed by atoms with Crippen molar-refractivity contribution in [3.05, 3.63) is 29.8 Å². The Hall–Kier alpha value is -1.51. The highest BCUT2D eigenvalue weighted by atomic mass is 16.5. The van der Waals surface area contributed by atoms with Crippen LogP contribution in [-0.4, -0.2) is 18.6 Å². The van der Waals surface area contributed by atoms with Crippen LogP contribution in [0.2, 0.25) is 0 Å². The van der Waals surface area contributed by atoms with Crippen LogP contribution >= 0.6 is 0 Å². The Morgan fingerprint density at radius 1 is 1.39 bits per heavy atom. The van der Waals surface area contributed by atoms with Gasteiger partial charge in [0.2, 0.25) is 0 Å². The van der Waals surface area contributed by atoms with Gasteiger partial charge in [-0.1, -0.05) is 26.0 Å². The monoisotopic (exact) mass is 247 g/mol. The van der Waals surface area contributed by atoms with Crippen LogP contribution in [0.15, 0.2) is 24.3 Å². The second-order valence-corrected chi connectivity index (χ2v) is 5.01. The first-order valence-corrected chi connectivity index (χ1v) is 6.71. The molecule has 1 atom stereocenters. The number of ether oxygens (including phenoxy) is 1. The number of amides is 1. The van der Waals surface area contributed by atoms with Crippen LogP contribution in [0.5, 0.6) is 5.75 Å². The highest BCUT2D eigenvalue weighted by molar-refractivity contribution is 5.78. The zero-order chi connectivity index (χ0) is 13.0. The van der Waals surface area contributed by atoms with Gasteiger partial charge in [0.15, 0.2) is 6.61 Å². The van der Waals surface area contributed by atoms with Crippen molar-refractivity contribution in [3.63, 3.8) is 0 Å². The lowest BCUT2D eigenvalue weighted by atomic mass is 9.99. The molecule has 0 saturated heterocycles. The quantitative estimate of drug-likeness (QED) is 0.839. The lowest BCUT2D eigenvalue weighted by Gasteiger charge is -2.10. The number of hydrogen-bond acceptors (Lipinski definition) is 2. The molecule has 98 valence electrons. The maximum absolute atomic E-state index is 11.5. The molecule has 3 heteroatoms. The molecule has 0 aromatic heterocycles. The smallest absolute Gasteiger partial charge is 0.258 e. The summed E-state index contributed by atoms with van der Waals surface area (Å²) < 4.78 is 5.45. The predicted molar refractivity (Wildman–Crippen MR) is 71.8 cm³/mol. The SMILES string of the molecule is CCC(C)c1ccc(OCC(=O)NC2CC2)cc1. The van der Waals surface area contributed by atoms with Crippen molar-refractivity contribution >= 4 is 5.91 Å². The summed E-state index contributed by atoms with van der Waals surface area (Å²) in [5.41, 5.74) is 1.31. The maximum Gasteiger partial charge on any atom is 0.258 e. The molecule has 1 N–H and O–H groups in total. The lowest BCUT2D eigenvalue weighted by molar-refractivity contribution is -0.123. The van der Waals surface area contributed by atoms with Crippen LogP contribution in [0.4, 0.5) is 0 Å². The third kappa shape index (κ3) is 3.76. The summed E-state index contributed by atoms with van der Waals surface area (Å²) in [6, 6.07) is 8.41. The van der Waals surface area contributed by atoms with E-state index in [1.807, 2.05) is 12.1 Å². The van der Waals surface area contributed by atoms with E-state index in [1.165, 1.54) is 5.56 Å². The fraction of sp³-hybridized carbons (Fsp3) is 0.533. The van der Waals surface area contributed by atoms with Crippen LogP contribution in [0.25, 0.3) is 0 Å².